The highest BCUT2D eigenvalue weighted by Crippen LogP contribution is 2.15. The number of nitrogens with zero attached hydrogens (tertiary/aromatic N) is 4. The van der Waals surface area contributed by atoms with Crippen molar-refractivity contribution >= 4 is 5.96 Å². The van der Waals surface area contributed by atoms with Crippen LogP contribution >= 0.6 is 0 Å². The molecule has 2 aromatic rings. The number of likely N-dealkylation sites (tertiary alicyclic amines) is 1. The van der Waals surface area contributed by atoms with Crippen molar-refractivity contribution in [3.8, 4) is 0 Å². The third-order valence-corrected chi connectivity index (χ3v) is 4.92. The fraction of sp³-hybridized carbons (Fsp3) is 0.500. The third-order valence-electron chi connectivity index (χ3n) is 4.92. The minimum atomic E-state index is 0.833. The van der Waals surface area contributed by atoms with Gasteiger partial charge in [-0.2, -0.15) is 0 Å². The maximum absolute atomic E-state index is 4.53. The van der Waals surface area contributed by atoms with E-state index in [2.05, 4.69) is 68.2 Å². The molecule has 0 aliphatic carbocycles. The molecule has 1 aliphatic heterocycles. The van der Waals surface area contributed by atoms with Crippen LogP contribution in [0, 0.1) is 5.92 Å². The number of nitrogens with one attached hydrogen (secondary N) is 1. The summed E-state index contributed by atoms with van der Waals surface area (Å²) in [6.45, 7) is 6.26. The Morgan fingerprint density at radius 2 is 2.00 bits per heavy atom. The molecule has 0 spiro atoms. The monoisotopic (exact) mass is 339 g/mol. The number of aliphatic imine (C=N–C) groups is 1. The number of piperidine rings is 1. The number of hydrogen-bond acceptors (Lipinski definition) is 2. The molecule has 134 valence electrons. The Hall–Kier alpha value is -2.30. The highest BCUT2D eigenvalue weighted by atomic mass is 15.3. The molecule has 5 nitrogen and oxygen atoms in total. The Balaban J connectivity index is 1.51. The Labute approximate surface area is 150 Å². The smallest absolute Gasteiger partial charge is 0.193 e. The van der Waals surface area contributed by atoms with Crippen LogP contribution in [0.1, 0.15) is 31.2 Å². The summed E-state index contributed by atoms with van der Waals surface area (Å²) in [5.74, 6) is 2.96. The zero-order chi connectivity index (χ0) is 17.5. The first-order valence-corrected chi connectivity index (χ1v) is 9.26. The van der Waals surface area contributed by atoms with E-state index in [9.17, 15) is 0 Å². The molecule has 2 heterocycles. The molecule has 25 heavy (non-hydrogen) atoms. The zero-order valence-electron chi connectivity index (χ0n) is 15.4. The Bertz CT molecular complexity index is 668. The summed E-state index contributed by atoms with van der Waals surface area (Å²) in [5.41, 5.74) is 1.30. The van der Waals surface area contributed by atoms with Gasteiger partial charge in [0.05, 0.1) is 0 Å². The number of aromatic nitrogens is 2. The van der Waals surface area contributed by atoms with Crippen molar-refractivity contribution in [2.45, 2.75) is 32.7 Å². The summed E-state index contributed by atoms with van der Waals surface area (Å²) in [6, 6.07) is 10.5. The lowest BCUT2D eigenvalue weighted by Gasteiger charge is -2.32. The minimum Gasteiger partial charge on any atom is -0.356 e. The number of imidazole rings is 1. The molecule has 0 atom stereocenters. The molecular weight excluding hydrogens is 310 g/mol. The Morgan fingerprint density at radius 1 is 1.24 bits per heavy atom. The predicted molar refractivity (Wildman–Crippen MR) is 103 cm³/mol. The van der Waals surface area contributed by atoms with E-state index in [1.54, 1.807) is 0 Å². The van der Waals surface area contributed by atoms with Gasteiger partial charge >= 0.3 is 0 Å². The molecule has 0 saturated carbocycles. The second kappa shape index (κ2) is 8.70. The Kier molecular flexibility index (Phi) is 6.09. The summed E-state index contributed by atoms with van der Waals surface area (Å²) in [4.78, 5) is 11.3. The first kappa shape index (κ1) is 17.5. The molecule has 0 bridgehead atoms. The van der Waals surface area contributed by atoms with Crippen molar-refractivity contribution < 1.29 is 0 Å². The van der Waals surface area contributed by atoms with Crippen LogP contribution in [-0.2, 0) is 13.0 Å². The standard InChI is InChI=1S/C20H29N5/c1-17-9-13-24(14-10-17)20(21-2)23-11-8-19-22-12-15-25(19)16-18-6-4-3-5-7-18/h3-7,12,15,17H,8-11,13-14,16H2,1-2H3,(H,21,23). The van der Waals surface area contributed by atoms with E-state index in [1.807, 2.05) is 13.2 Å². The molecule has 1 aromatic carbocycles. The predicted octanol–water partition coefficient (Wildman–Crippen LogP) is 2.78. The van der Waals surface area contributed by atoms with Crippen LogP contribution in [0.15, 0.2) is 47.7 Å². The number of hydrogen-bond donors (Lipinski definition) is 1. The van der Waals surface area contributed by atoms with Crippen LogP contribution in [0.3, 0.4) is 0 Å². The Morgan fingerprint density at radius 3 is 2.72 bits per heavy atom. The lowest BCUT2D eigenvalue weighted by Crippen LogP contribution is -2.45. The van der Waals surface area contributed by atoms with E-state index in [0.717, 1.165) is 50.3 Å². The third kappa shape index (κ3) is 4.84. The normalized spacial score (nSPS) is 16.2. The van der Waals surface area contributed by atoms with Crippen LogP contribution in [0.4, 0.5) is 0 Å². The first-order chi connectivity index (χ1) is 12.3. The van der Waals surface area contributed by atoms with E-state index in [-0.39, 0.29) is 0 Å². The average Bonchev–Trinajstić information content (AvgIpc) is 3.08. The van der Waals surface area contributed by atoms with Crippen LogP contribution in [0.2, 0.25) is 0 Å². The van der Waals surface area contributed by atoms with Crippen LogP contribution in [0.5, 0.6) is 0 Å². The molecule has 3 rings (SSSR count). The van der Waals surface area contributed by atoms with Gasteiger partial charge in [0.2, 0.25) is 0 Å². The van der Waals surface area contributed by atoms with Gasteiger partial charge in [-0.3, -0.25) is 4.99 Å². The largest absolute Gasteiger partial charge is 0.356 e. The fourth-order valence-electron chi connectivity index (χ4n) is 3.33. The van der Waals surface area contributed by atoms with Gasteiger partial charge in [-0.05, 0) is 24.3 Å². The summed E-state index contributed by atoms with van der Waals surface area (Å²) in [7, 11) is 1.87. The van der Waals surface area contributed by atoms with Gasteiger partial charge in [-0.1, -0.05) is 37.3 Å². The van der Waals surface area contributed by atoms with Gasteiger partial charge in [0.25, 0.3) is 0 Å². The van der Waals surface area contributed by atoms with E-state index >= 15 is 0 Å². The molecule has 1 aromatic heterocycles. The van der Waals surface area contributed by atoms with Gasteiger partial charge < -0.3 is 14.8 Å². The second-order valence-corrected chi connectivity index (χ2v) is 6.85. The fourth-order valence-corrected chi connectivity index (χ4v) is 3.33. The molecular formula is C20H29N5. The zero-order valence-corrected chi connectivity index (χ0v) is 15.4. The van der Waals surface area contributed by atoms with Crippen LogP contribution in [-0.4, -0.2) is 47.1 Å². The van der Waals surface area contributed by atoms with Crippen molar-refractivity contribution in [1.82, 2.24) is 19.8 Å². The van der Waals surface area contributed by atoms with Gasteiger partial charge in [-0.25, -0.2) is 4.98 Å². The minimum absolute atomic E-state index is 0.833. The maximum atomic E-state index is 4.53. The number of rotatable bonds is 5. The quantitative estimate of drug-likeness (QED) is 0.673. The summed E-state index contributed by atoms with van der Waals surface area (Å²) < 4.78 is 2.22. The molecule has 1 aliphatic rings. The van der Waals surface area contributed by atoms with Gasteiger partial charge in [0.1, 0.15) is 5.82 Å². The first-order valence-electron chi connectivity index (χ1n) is 9.26. The van der Waals surface area contributed by atoms with Crippen molar-refractivity contribution in [2.75, 3.05) is 26.7 Å². The highest BCUT2D eigenvalue weighted by molar-refractivity contribution is 5.79. The second-order valence-electron chi connectivity index (χ2n) is 6.85. The average molecular weight is 339 g/mol. The molecule has 0 radical (unpaired) electrons. The SMILES string of the molecule is CN=C(NCCc1nccn1Cc1ccccc1)N1CCC(C)CC1. The lowest BCUT2D eigenvalue weighted by atomic mass is 10.00. The summed E-state index contributed by atoms with van der Waals surface area (Å²) >= 11 is 0. The van der Waals surface area contributed by atoms with Crippen molar-refractivity contribution in [1.29, 1.82) is 0 Å². The molecule has 5 heteroatoms. The topological polar surface area (TPSA) is 45.5 Å². The van der Waals surface area contributed by atoms with Crippen LogP contribution in [0.25, 0.3) is 0 Å². The van der Waals surface area contributed by atoms with Crippen LogP contribution < -0.4 is 5.32 Å². The van der Waals surface area contributed by atoms with E-state index in [0.29, 0.717) is 0 Å². The van der Waals surface area contributed by atoms with Crippen molar-refractivity contribution in [3.05, 3.63) is 54.1 Å². The molecule has 0 unspecified atom stereocenters. The highest BCUT2D eigenvalue weighted by Gasteiger charge is 2.18. The van der Waals surface area contributed by atoms with E-state index < -0.39 is 0 Å². The molecule has 1 fully saturated rings. The van der Waals surface area contributed by atoms with Crippen molar-refractivity contribution in [3.63, 3.8) is 0 Å². The van der Waals surface area contributed by atoms with Gasteiger partial charge in [0.15, 0.2) is 5.96 Å². The van der Waals surface area contributed by atoms with Gasteiger partial charge in [-0.15, -0.1) is 0 Å². The summed E-state index contributed by atoms with van der Waals surface area (Å²) in [6.07, 6.45) is 7.34. The van der Waals surface area contributed by atoms with E-state index in [4.69, 9.17) is 0 Å². The van der Waals surface area contributed by atoms with E-state index in [1.165, 1.54) is 18.4 Å². The number of guanidine groups is 1. The summed E-state index contributed by atoms with van der Waals surface area (Å²) in [5, 5.41) is 3.51. The van der Waals surface area contributed by atoms with Crippen molar-refractivity contribution in [2.24, 2.45) is 10.9 Å². The molecule has 1 saturated heterocycles. The molecule has 0 amide bonds. The van der Waals surface area contributed by atoms with Gasteiger partial charge in [0, 0.05) is 52.0 Å². The number of benzene rings is 1. The lowest BCUT2D eigenvalue weighted by molar-refractivity contribution is 0.273. The molecule has 1 N–H and O–H groups in total. The maximum Gasteiger partial charge on any atom is 0.193 e.